The first-order valence-electron chi connectivity index (χ1n) is 7.00. The molecule has 0 saturated carbocycles. The number of rotatable bonds is 2. The van der Waals surface area contributed by atoms with E-state index in [1.165, 1.54) is 5.01 Å². The van der Waals surface area contributed by atoms with E-state index in [0.717, 1.165) is 0 Å². The van der Waals surface area contributed by atoms with E-state index < -0.39 is 15.6 Å². The quantitative estimate of drug-likeness (QED) is 0.816. The fourth-order valence-corrected chi connectivity index (χ4v) is 3.69. The van der Waals surface area contributed by atoms with Crippen LogP contribution in [-0.4, -0.2) is 30.1 Å². The molecule has 0 fully saturated rings. The second-order valence-electron chi connectivity index (χ2n) is 5.94. The Morgan fingerprint density at radius 1 is 1.29 bits per heavy atom. The van der Waals surface area contributed by atoms with E-state index in [1.54, 1.807) is 25.3 Å². The number of nitrogens with zero attached hydrogens (tertiary/aromatic N) is 3. The summed E-state index contributed by atoms with van der Waals surface area (Å²) in [4.78, 5) is 8.41. The Bertz CT molecular complexity index is 906. The molecule has 0 aromatic heterocycles. The average Bonchev–Trinajstić information content (AvgIpc) is 2.90. The number of hydrogen-bond acceptors (Lipinski definition) is 6. The summed E-state index contributed by atoms with van der Waals surface area (Å²) < 4.78 is 27.6. The number of aliphatic imine (C=N–C) groups is 2. The normalized spacial score (nSPS) is 18.6. The number of guanidine groups is 1. The zero-order valence-electron chi connectivity index (χ0n) is 13.1. The molecule has 0 aliphatic carbocycles. The van der Waals surface area contributed by atoms with Crippen molar-refractivity contribution in [3.8, 4) is 0 Å². The molecule has 7 nitrogen and oxygen atoms in total. The Morgan fingerprint density at radius 2 is 2.00 bits per heavy atom. The second-order valence-corrected chi connectivity index (χ2v) is 8.32. The Hall–Kier alpha value is -1.77. The second kappa shape index (κ2) is 5.65. The Balaban J connectivity index is 1.94. The number of hydrazine groups is 1. The number of fused-ring (bicyclic) bond motifs is 1. The highest BCUT2D eigenvalue weighted by Crippen LogP contribution is 2.34. The summed E-state index contributed by atoms with van der Waals surface area (Å²) in [5.41, 5.74) is 3.04. The zero-order chi connectivity index (χ0) is 17.7. The van der Waals surface area contributed by atoms with Crippen molar-refractivity contribution in [1.29, 1.82) is 0 Å². The van der Waals surface area contributed by atoms with Crippen LogP contribution in [-0.2, 0) is 10.0 Å². The molecule has 3 rings (SSSR count). The van der Waals surface area contributed by atoms with Crippen molar-refractivity contribution in [3.05, 3.63) is 40.0 Å². The van der Waals surface area contributed by atoms with E-state index in [4.69, 9.17) is 23.2 Å². The Kier molecular flexibility index (Phi) is 4.01. The number of sulfonamides is 1. The van der Waals surface area contributed by atoms with Crippen LogP contribution in [0, 0.1) is 6.92 Å². The standard InChI is InChI=1S/C14H15Cl2N5O2S/c1-8-4-5-9(15)11(10(8)16)20-24(22,23)13-17-12-18-14(2,3)6-7-21(12)19-13/h4-7,20H,1-3H3,(H,17,18,19). The zero-order valence-corrected chi connectivity index (χ0v) is 15.5. The Morgan fingerprint density at radius 3 is 2.71 bits per heavy atom. The van der Waals surface area contributed by atoms with Gasteiger partial charge in [-0.25, -0.2) is 10.0 Å². The van der Waals surface area contributed by atoms with Crippen molar-refractivity contribution in [2.45, 2.75) is 26.3 Å². The predicted octanol–water partition coefficient (Wildman–Crippen LogP) is 2.88. The lowest BCUT2D eigenvalue weighted by Crippen LogP contribution is -2.41. The fourth-order valence-electron chi connectivity index (χ4n) is 2.11. The summed E-state index contributed by atoms with van der Waals surface area (Å²) in [6.45, 7) is 5.53. The molecule has 0 bridgehead atoms. The number of nitrogens with one attached hydrogen (secondary N) is 2. The topological polar surface area (TPSA) is 86.2 Å². The maximum atomic E-state index is 12.6. The molecular weight excluding hydrogens is 373 g/mol. The summed E-state index contributed by atoms with van der Waals surface area (Å²) in [6.07, 6.45) is 3.51. The molecule has 2 N–H and O–H groups in total. The molecule has 0 atom stereocenters. The minimum Gasteiger partial charge on any atom is -0.274 e. The lowest BCUT2D eigenvalue weighted by atomic mass is 10.1. The SMILES string of the molecule is Cc1ccc(Cl)c(NS(=O)(=O)C2=NC3=NC(C)(C)C=CN3N2)c1Cl. The van der Waals surface area contributed by atoms with Gasteiger partial charge in [-0.1, -0.05) is 29.3 Å². The lowest BCUT2D eigenvalue weighted by Gasteiger charge is -2.24. The van der Waals surface area contributed by atoms with Crippen molar-refractivity contribution in [3.63, 3.8) is 0 Å². The van der Waals surface area contributed by atoms with Gasteiger partial charge in [0.15, 0.2) is 0 Å². The first-order valence-corrected chi connectivity index (χ1v) is 9.24. The largest absolute Gasteiger partial charge is 0.297 e. The van der Waals surface area contributed by atoms with Crippen LogP contribution >= 0.6 is 23.2 Å². The molecule has 0 radical (unpaired) electrons. The summed E-state index contributed by atoms with van der Waals surface area (Å²) in [7, 11) is -4.01. The number of hydrogen-bond donors (Lipinski definition) is 2. The molecular formula is C14H15Cl2N5O2S. The smallest absolute Gasteiger partial charge is 0.274 e. The van der Waals surface area contributed by atoms with Gasteiger partial charge in [0.05, 0.1) is 21.3 Å². The molecule has 2 aliphatic heterocycles. The molecule has 2 aliphatic rings. The van der Waals surface area contributed by atoms with Gasteiger partial charge in [-0.2, -0.15) is 13.4 Å². The van der Waals surface area contributed by atoms with Crippen LogP contribution in [0.1, 0.15) is 19.4 Å². The van der Waals surface area contributed by atoms with Gasteiger partial charge in [0.25, 0.3) is 15.2 Å². The van der Waals surface area contributed by atoms with Gasteiger partial charge in [0.2, 0.25) is 5.96 Å². The lowest BCUT2D eigenvalue weighted by molar-refractivity contribution is 0.480. The molecule has 10 heteroatoms. The number of aryl methyl sites for hydroxylation is 1. The number of benzene rings is 1. The van der Waals surface area contributed by atoms with E-state index in [9.17, 15) is 8.42 Å². The predicted molar refractivity (Wildman–Crippen MR) is 96.8 cm³/mol. The summed E-state index contributed by atoms with van der Waals surface area (Å²) in [6, 6.07) is 3.28. The van der Waals surface area contributed by atoms with Gasteiger partial charge in [-0.15, -0.1) is 0 Å². The molecule has 0 unspecified atom stereocenters. The molecule has 24 heavy (non-hydrogen) atoms. The van der Waals surface area contributed by atoms with E-state index in [1.807, 2.05) is 19.9 Å². The van der Waals surface area contributed by atoms with Crippen molar-refractivity contribution in [1.82, 2.24) is 10.4 Å². The minimum absolute atomic E-state index is 0.116. The molecule has 0 spiro atoms. The highest BCUT2D eigenvalue weighted by atomic mass is 35.5. The van der Waals surface area contributed by atoms with E-state index >= 15 is 0 Å². The first-order chi connectivity index (χ1) is 11.1. The third kappa shape index (κ3) is 3.09. The third-order valence-corrected chi connectivity index (χ3v) is 5.39. The maximum absolute atomic E-state index is 12.6. The van der Waals surface area contributed by atoms with Gasteiger partial charge in [-0.3, -0.25) is 10.1 Å². The van der Waals surface area contributed by atoms with Gasteiger partial charge in [-0.05, 0) is 38.5 Å². The van der Waals surface area contributed by atoms with Gasteiger partial charge in [0.1, 0.15) is 0 Å². The van der Waals surface area contributed by atoms with Gasteiger partial charge in [0, 0.05) is 6.20 Å². The van der Waals surface area contributed by atoms with E-state index in [-0.39, 0.29) is 26.9 Å². The van der Waals surface area contributed by atoms with Crippen molar-refractivity contribution >= 4 is 50.0 Å². The van der Waals surface area contributed by atoms with Gasteiger partial charge >= 0.3 is 0 Å². The molecule has 1 aromatic carbocycles. The van der Waals surface area contributed by atoms with Crippen LogP contribution in [0.5, 0.6) is 0 Å². The van der Waals surface area contributed by atoms with Gasteiger partial charge < -0.3 is 0 Å². The molecule has 128 valence electrons. The minimum atomic E-state index is -4.01. The van der Waals surface area contributed by atoms with Crippen LogP contribution in [0.25, 0.3) is 0 Å². The Labute approximate surface area is 150 Å². The summed E-state index contributed by atoms with van der Waals surface area (Å²) in [5.74, 6) is 0.268. The van der Waals surface area contributed by atoms with Crippen molar-refractivity contribution < 1.29 is 8.42 Å². The van der Waals surface area contributed by atoms with E-state index in [2.05, 4.69) is 20.1 Å². The molecule has 2 heterocycles. The summed E-state index contributed by atoms with van der Waals surface area (Å²) >= 11 is 12.2. The molecule has 0 amide bonds. The highest BCUT2D eigenvalue weighted by Gasteiger charge is 2.33. The fraction of sp³-hybridized carbons (Fsp3) is 0.286. The highest BCUT2D eigenvalue weighted by molar-refractivity contribution is 8.07. The number of amidine groups is 1. The number of anilines is 1. The van der Waals surface area contributed by atoms with Crippen LogP contribution in [0.4, 0.5) is 5.69 Å². The monoisotopic (exact) mass is 387 g/mol. The summed E-state index contributed by atoms with van der Waals surface area (Å²) in [5, 5.41) is 1.58. The van der Waals surface area contributed by atoms with Crippen LogP contribution in [0.15, 0.2) is 34.4 Å². The number of halogens is 2. The average molecular weight is 388 g/mol. The van der Waals surface area contributed by atoms with E-state index in [0.29, 0.717) is 5.56 Å². The van der Waals surface area contributed by atoms with Crippen molar-refractivity contribution in [2.75, 3.05) is 4.72 Å². The first kappa shape index (κ1) is 17.1. The van der Waals surface area contributed by atoms with Crippen molar-refractivity contribution in [2.24, 2.45) is 9.98 Å². The third-order valence-electron chi connectivity index (χ3n) is 3.43. The molecule has 0 saturated heterocycles. The van der Waals surface area contributed by atoms with Crippen LogP contribution in [0.2, 0.25) is 10.0 Å². The van der Waals surface area contributed by atoms with Crippen LogP contribution < -0.4 is 10.1 Å². The molecule has 1 aromatic rings. The maximum Gasteiger partial charge on any atom is 0.297 e. The van der Waals surface area contributed by atoms with Crippen LogP contribution in [0.3, 0.4) is 0 Å².